The Balaban J connectivity index is 1.66. The Morgan fingerprint density at radius 3 is 2.85 bits per heavy atom. The van der Waals surface area contributed by atoms with Crippen molar-refractivity contribution in [3.05, 3.63) is 42.6 Å². The van der Waals surface area contributed by atoms with Gasteiger partial charge in [-0.15, -0.1) is 0 Å². The van der Waals surface area contributed by atoms with Crippen molar-refractivity contribution in [2.75, 3.05) is 13.1 Å². The average Bonchev–Trinajstić information content (AvgIpc) is 3.03. The summed E-state index contributed by atoms with van der Waals surface area (Å²) in [4.78, 5) is 20.4. The van der Waals surface area contributed by atoms with Crippen molar-refractivity contribution in [1.29, 1.82) is 0 Å². The average molecular weight is 271 g/mol. The van der Waals surface area contributed by atoms with Gasteiger partial charge in [0.2, 0.25) is 0 Å². The Labute approximate surface area is 117 Å². The molecule has 0 atom stereocenters. The van der Waals surface area contributed by atoms with Gasteiger partial charge < -0.3 is 10.6 Å². The van der Waals surface area contributed by atoms with Crippen molar-refractivity contribution in [2.24, 2.45) is 0 Å². The minimum atomic E-state index is -0.0541. The zero-order valence-corrected chi connectivity index (χ0v) is 11.1. The van der Waals surface area contributed by atoms with Crippen LogP contribution in [0, 0.1) is 0 Å². The Kier molecular flexibility index (Phi) is 3.73. The maximum absolute atomic E-state index is 12.1. The van der Waals surface area contributed by atoms with Gasteiger partial charge in [0.25, 0.3) is 5.91 Å². The van der Waals surface area contributed by atoms with E-state index >= 15 is 0 Å². The number of hydrogen-bond donors (Lipinski definition) is 2. The quantitative estimate of drug-likeness (QED) is 0.864. The highest BCUT2D eigenvalue weighted by molar-refractivity contribution is 5.94. The highest BCUT2D eigenvalue weighted by Gasteiger charge is 2.16. The second-order valence-corrected chi connectivity index (χ2v) is 4.87. The molecule has 0 unspecified atom stereocenters. The van der Waals surface area contributed by atoms with Gasteiger partial charge in [0, 0.05) is 24.6 Å². The zero-order chi connectivity index (χ0) is 13.8. The number of imidazole rings is 1. The molecule has 1 aliphatic heterocycles. The van der Waals surface area contributed by atoms with Crippen LogP contribution in [0.25, 0.3) is 5.82 Å². The first-order chi connectivity index (χ1) is 9.83. The van der Waals surface area contributed by atoms with Gasteiger partial charge in [-0.3, -0.25) is 9.36 Å². The molecule has 0 spiro atoms. The molecule has 3 heterocycles. The number of pyridine rings is 1. The number of rotatable bonds is 3. The van der Waals surface area contributed by atoms with Crippen molar-refractivity contribution >= 4 is 5.91 Å². The van der Waals surface area contributed by atoms with Crippen LogP contribution < -0.4 is 10.6 Å². The van der Waals surface area contributed by atoms with E-state index in [4.69, 9.17) is 0 Å². The van der Waals surface area contributed by atoms with E-state index in [1.807, 2.05) is 12.3 Å². The fourth-order valence-corrected chi connectivity index (χ4v) is 2.30. The lowest BCUT2D eigenvalue weighted by molar-refractivity contribution is 0.0929. The van der Waals surface area contributed by atoms with Gasteiger partial charge in [-0.05, 0) is 38.1 Å². The molecule has 3 rings (SSSR count). The van der Waals surface area contributed by atoms with Gasteiger partial charge in [0.05, 0.1) is 5.56 Å². The molecule has 104 valence electrons. The van der Waals surface area contributed by atoms with Gasteiger partial charge >= 0.3 is 0 Å². The van der Waals surface area contributed by atoms with Crippen LogP contribution in [0.1, 0.15) is 23.2 Å². The van der Waals surface area contributed by atoms with Crippen molar-refractivity contribution in [3.63, 3.8) is 0 Å². The van der Waals surface area contributed by atoms with E-state index in [0.717, 1.165) is 31.7 Å². The zero-order valence-electron chi connectivity index (χ0n) is 11.1. The summed E-state index contributed by atoms with van der Waals surface area (Å²) in [6.07, 6.45) is 8.75. The van der Waals surface area contributed by atoms with E-state index in [1.165, 1.54) is 0 Å². The summed E-state index contributed by atoms with van der Waals surface area (Å²) in [5.41, 5.74) is 0.590. The molecule has 1 aliphatic rings. The SMILES string of the molecule is O=C(NC1CCNCC1)c1ccc(-n2ccnc2)nc1. The maximum Gasteiger partial charge on any atom is 0.253 e. The van der Waals surface area contributed by atoms with Crippen LogP contribution in [0.3, 0.4) is 0 Å². The van der Waals surface area contributed by atoms with Gasteiger partial charge in [0.15, 0.2) is 0 Å². The van der Waals surface area contributed by atoms with Crippen molar-refractivity contribution in [1.82, 2.24) is 25.2 Å². The predicted octanol–water partition coefficient (Wildman–Crippen LogP) is 0.749. The third-order valence-corrected chi connectivity index (χ3v) is 3.45. The summed E-state index contributed by atoms with van der Waals surface area (Å²) in [5.74, 6) is 0.697. The number of carbonyl (C=O) groups excluding carboxylic acids is 1. The molecule has 6 heteroatoms. The van der Waals surface area contributed by atoms with E-state index < -0.39 is 0 Å². The fourth-order valence-electron chi connectivity index (χ4n) is 2.30. The molecule has 0 aliphatic carbocycles. The molecular formula is C14H17N5O. The molecule has 2 N–H and O–H groups in total. The summed E-state index contributed by atoms with van der Waals surface area (Å²) in [6, 6.07) is 3.87. The molecule has 1 fully saturated rings. The molecular weight excluding hydrogens is 254 g/mol. The van der Waals surface area contributed by atoms with E-state index in [0.29, 0.717) is 5.56 Å². The number of amides is 1. The molecule has 0 saturated carbocycles. The highest BCUT2D eigenvalue weighted by atomic mass is 16.1. The smallest absolute Gasteiger partial charge is 0.253 e. The monoisotopic (exact) mass is 271 g/mol. The topological polar surface area (TPSA) is 71.8 Å². The Morgan fingerprint density at radius 1 is 1.35 bits per heavy atom. The van der Waals surface area contributed by atoms with Crippen LogP contribution in [0.5, 0.6) is 0 Å². The minimum absolute atomic E-state index is 0.0541. The number of hydrogen-bond acceptors (Lipinski definition) is 4. The largest absolute Gasteiger partial charge is 0.349 e. The lowest BCUT2D eigenvalue weighted by Gasteiger charge is -2.23. The Bertz CT molecular complexity index is 558. The third kappa shape index (κ3) is 2.85. The Morgan fingerprint density at radius 2 is 2.20 bits per heavy atom. The van der Waals surface area contributed by atoms with Crippen LogP contribution in [-0.4, -0.2) is 39.6 Å². The van der Waals surface area contributed by atoms with Crippen LogP contribution in [0.4, 0.5) is 0 Å². The standard InChI is InChI=1S/C14H17N5O/c20-14(18-12-3-5-15-6-4-12)11-1-2-13(17-9-11)19-8-7-16-10-19/h1-2,7-10,12,15H,3-6H2,(H,18,20). The van der Waals surface area contributed by atoms with Gasteiger partial charge in [0.1, 0.15) is 12.1 Å². The van der Waals surface area contributed by atoms with Crippen LogP contribution >= 0.6 is 0 Å². The maximum atomic E-state index is 12.1. The van der Waals surface area contributed by atoms with Gasteiger partial charge in [-0.1, -0.05) is 0 Å². The summed E-state index contributed by atoms with van der Waals surface area (Å²) in [6.45, 7) is 1.92. The highest BCUT2D eigenvalue weighted by Crippen LogP contribution is 2.07. The van der Waals surface area contributed by atoms with Crippen LogP contribution in [0.2, 0.25) is 0 Å². The van der Waals surface area contributed by atoms with E-state index in [1.54, 1.807) is 29.4 Å². The van der Waals surface area contributed by atoms with Crippen molar-refractivity contribution in [3.8, 4) is 5.82 Å². The number of carbonyl (C=O) groups is 1. The first-order valence-corrected chi connectivity index (χ1v) is 6.79. The molecule has 0 aromatic carbocycles. The lowest BCUT2D eigenvalue weighted by atomic mass is 10.1. The molecule has 1 saturated heterocycles. The molecule has 0 radical (unpaired) electrons. The molecule has 0 bridgehead atoms. The number of nitrogens with one attached hydrogen (secondary N) is 2. The number of piperidine rings is 1. The molecule has 2 aromatic rings. The first kappa shape index (κ1) is 12.8. The first-order valence-electron chi connectivity index (χ1n) is 6.79. The number of aromatic nitrogens is 3. The van der Waals surface area contributed by atoms with Gasteiger partial charge in [-0.25, -0.2) is 9.97 Å². The second kappa shape index (κ2) is 5.83. The summed E-state index contributed by atoms with van der Waals surface area (Å²) in [5, 5.41) is 6.33. The van der Waals surface area contributed by atoms with E-state index in [9.17, 15) is 4.79 Å². The lowest BCUT2D eigenvalue weighted by Crippen LogP contribution is -2.42. The number of nitrogens with zero attached hydrogens (tertiary/aromatic N) is 3. The molecule has 1 amide bonds. The molecule has 2 aromatic heterocycles. The summed E-state index contributed by atoms with van der Waals surface area (Å²) >= 11 is 0. The van der Waals surface area contributed by atoms with E-state index in [-0.39, 0.29) is 11.9 Å². The third-order valence-electron chi connectivity index (χ3n) is 3.45. The van der Waals surface area contributed by atoms with Crippen LogP contribution in [-0.2, 0) is 0 Å². The molecule has 20 heavy (non-hydrogen) atoms. The molecule has 6 nitrogen and oxygen atoms in total. The second-order valence-electron chi connectivity index (χ2n) is 4.87. The fraction of sp³-hybridized carbons (Fsp3) is 0.357. The Hall–Kier alpha value is -2.21. The van der Waals surface area contributed by atoms with Crippen molar-refractivity contribution < 1.29 is 4.79 Å². The van der Waals surface area contributed by atoms with Crippen LogP contribution in [0.15, 0.2) is 37.1 Å². The van der Waals surface area contributed by atoms with Crippen molar-refractivity contribution in [2.45, 2.75) is 18.9 Å². The van der Waals surface area contributed by atoms with Gasteiger partial charge in [-0.2, -0.15) is 0 Å². The predicted molar refractivity (Wildman–Crippen MR) is 74.7 cm³/mol. The van der Waals surface area contributed by atoms with E-state index in [2.05, 4.69) is 20.6 Å². The summed E-state index contributed by atoms with van der Waals surface area (Å²) in [7, 11) is 0. The minimum Gasteiger partial charge on any atom is -0.349 e. The normalized spacial score (nSPS) is 16.0. The summed E-state index contributed by atoms with van der Waals surface area (Å²) < 4.78 is 1.80.